The van der Waals surface area contributed by atoms with Crippen LogP contribution in [0.15, 0.2) is 30.3 Å². The van der Waals surface area contributed by atoms with E-state index in [0.717, 1.165) is 17.1 Å². The fraction of sp³-hybridized carbons (Fsp3) is 0.462. The average molecular weight is 252 g/mol. The number of rotatable bonds is 3. The minimum absolute atomic E-state index is 0.0318. The lowest BCUT2D eigenvalue weighted by Gasteiger charge is -2.22. The van der Waals surface area contributed by atoms with E-state index >= 15 is 0 Å². The van der Waals surface area contributed by atoms with Gasteiger partial charge in [0.2, 0.25) is 0 Å². The molecule has 86 valence electrons. The van der Waals surface area contributed by atoms with Gasteiger partial charge in [-0.15, -0.1) is 23.5 Å². The molecular formula is C13H16OS2. The Morgan fingerprint density at radius 2 is 1.88 bits per heavy atom. The Morgan fingerprint density at radius 3 is 2.50 bits per heavy atom. The van der Waals surface area contributed by atoms with Crippen LogP contribution in [0.2, 0.25) is 0 Å². The molecular weight excluding hydrogens is 236 g/mol. The van der Waals surface area contributed by atoms with Gasteiger partial charge in [0.15, 0.2) is 5.78 Å². The quantitative estimate of drug-likeness (QED) is 0.819. The molecule has 1 aromatic carbocycles. The largest absolute Gasteiger partial charge is 0.297 e. The second-order valence-electron chi connectivity index (χ2n) is 3.96. The zero-order chi connectivity index (χ0) is 11.4. The predicted octanol–water partition coefficient (Wildman–Crippen LogP) is 3.56. The summed E-state index contributed by atoms with van der Waals surface area (Å²) >= 11 is 3.62. The number of hydrogen-bond donors (Lipinski definition) is 0. The highest BCUT2D eigenvalue weighted by Gasteiger charge is 2.27. The number of thioether (sulfide) groups is 2. The van der Waals surface area contributed by atoms with Gasteiger partial charge in [-0.3, -0.25) is 4.79 Å². The normalized spacial score (nSPS) is 19.3. The van der Waals surface area contributed by atoms with Crippen molar-refractivity contribution in [1.29, 1.82) is 0 Å². The molecule has 16 heavy (non-hydrogen) atoms. The number of benzene rings is 1. The first-order valence-corrected chi connectivity index (χ1v) is 7.70. The van der Waals surface area contributed by atoms with E-state index in [1.165, 1.54) is 6.42 Å². The molecule has 0 N–H and O–H groups in total. The van der Waals surface area contributed by atoms with E-state index in [2.05, 4.69) is 0 Å². The smallest absolute Gasteiger partial charge is 0.162 e. The number of carbonyl (C=O) groups is 1. The van der Waals surface area contributed by atoms with Gasteiger partial charge in [0.25, 0.3) is 0 Å². The van der Waals surface area contributed by atoms with Gasteiger partial charge >= 0.3 is 0 Å². The molecule has 1 aromatic rings. The van der Waals surface area contributed by atoms with Crippen LogP contribution in [0.4, 0.5) is 0 Å². The van der Waals surface area contributed by atoms with Crippen molar-refractivity contribution in [2.24, 2.45) is 0 Å². The second kappa shape index (κ2) is 5.78. The van der Waals surface area contributed by atoms with Crippen LogP contribution in [-0.4, -0.2) is 21.9 Å². The number of Topliss-reactive ketones (excluding diaryl/α,β-unsaturated/α-hetero) is 1. The van der Waals surface area contributed by atoms with Gasteiger partial charge < -0.3 is 0 Å². The molecule has 2 rings (SSSR count). The SMILES string of the molecule is CC(C(=O)C1SCCCS1)c1ccccc1. The summed E-state index contributed by atoms with van der Waals surface area (Å²) in [7, 11) is 0. The highest BCUT2D eigenvalue weighted by molar-refractivity contribution is 8.18. The number of hydrogen-bond acceptors (Lipinski definition) is 3. The number of carbonyl (C=O) groups excluding carboxylic acids is 1. The van der Waals surface area contributed by atoms with Gasteiger partial charge in [0.05, 0.1) is 0 Å². The van der Waals surface area contributed by atoms with E-state index in [4.69, 9.17) is 0 Å². The van der Waals surface area contributed by atoms with Crippen LogP contribution in [0.3, 0.4) is 0 Å². The first-order valence-electron chi connectivity index (χ1n) is 5.61. The zero-order valence-corrected chi connectivity index (χ0v) is 11.0. The zero-order valence-electron chi connectivity index (χ0n) is 9.39. The summed E-state index contributed by atoms with van der Waals surface area (Å²) in [5.74, 6) is 2.67. The van der Waals surface area contributed by atoms with Crippen molar-refractivity contribution in [3.8, 4) is 0 Å². The van der Waals surface area contributed by atoms with Crippen molar-refractivity contribution < 1.29 is 4.79 Å². The molecule has 0 saturated carbocycles. The van der Waals surface area contributed by atoms with Gasteiger partial charge in [-0.25, -0.2) is 0 Å². The van der Waals surface area contributed by atoms with Crippen molar-refractivity contribution in [1.82, 2.24) is 0 Å². The molecule has 1 fully saturated rings. The van der Waals surface area contributed by atoms with E-state index < -0.39 is 0 Å². The summed E-state index contributed by atoms with van der Waals surface area (Å²) in [4.78, 5) is 12.3. The van der Waals surface area contributed by atoms with Crippen LogP contribution < -0.4 is 0 Å². The summed E-state index contributed by atoms with van der Waals surface area (Å²) in [5.41, 5.74) is 1.14. The monoisotopic (exact) mass is 252 g/mol. The Kier molecular flexibility index (Phi) is 4.36. The molecule has 0 aromatic heterocycles. The topological polar surface area (TPSA) is 17.1 Å². The molecule has 0 aliphatic carbocycles. The van der Waals surface area contributed by atoms with E-state index in [0.29, 0.717) is 5.78 Å². The van der Waals surface area contributed by atoms with Crippen molar-refractivity contribution in [3.05, 3.63) is 35.9 Å². The van der Waals surface area contributed by atoms with Crippen molar-refractivity contribution in [2.75, 3.05) is 11.5 Å². The summed E-state index contributed by atoms with van der Waals surface area (Å²) in [5, 5.41) is 0. The van der Waals surface area contributed by atoms with Crippen molar-refractivity contribution >= 4 is 29.3 Å². The molecule has 1 saturated heterocycles. The maximum absolute atomic E-state index is 12.3. The molecule has 1 heterocycles. The van der Waals surface area contributed by atoms with Crippen LogP contribution in [-0.2, 0) is 4.79 Å². The lowest BCUT2D eigenvalue weighted by molar-refractivity contribution is -0.118. The molecule has 0 radical (unpaired) electrons. The van der Waals surface area contributed by atoms with Crippen molar-refractivity contribution in [2.45, 2.75) is 23.8 Å². The van der Waals surface area contributed by atoms with Crippen LogP contribution in [0.25, 0.3) is 0 Å². The van der Waals surface area contributed by atoms with Crippen LogP contribution in [0.5, 0.6) is 0 Å². The lowest BCUT2D eigenvalue weighted by atomic mass is 9.98. The van der Waals surface area contributed by atoms with E-state index in [9.17, 15) is 4.79 Å². The Bertz CT molecular complexity index is 344. The van der Waals surface area contributed by atoms with Crippen molar-refractivity contribution in [3.63, 3.8) is 0 Å². The molecule has 3 heteroatoms. The molecule has 1 atom stereocenters. The molecule has 0 spiro atoms. The van der Waals surface area contributed by atoms with Crippen LogP contribution in [0.1, 0.15) is 24.8 Å². The third-order valence-corrected chi connectivity index (χ3v) is 5.72. The Morgan fingerprint density at radius 1 is 1.25 bits per heavy atom. The van der Waals surface area contributed by atoms with E-state index in [1.54, 1.807) is 0 Å². The van der Waals surface area contributed by atoms with Gasteiger partial charge in [0.1, 0.15) is 4.58 Å². The summed E-state index contributed by atoms with van der Waals surface area (Å²) < 4.78 is 0.156. The Labute approximate surface area is 105 Å². The molecule has 0 bridgehead atoms. The minimum Gasteiger partial charge on any atom is -0.297 e. The molecule has 1 aliphatic heterocycles. The Balaban J connectivity index is 2.04. The predicted molar refractivity (Wildman–Crippen MR) is 73.2 cm³/mol. The third kappa shape index (κ3) is 2.83. The maximum Gasteiger partial charge on any atom is 0.162 e. The summed E-state index contributed by atoms with van der Waals surface area (Å²) in [6.45, 7) is 2.02. The van der Waals surface area contributed by atoms with Gasteiger partial charge in [-0.1, -0.05) is 37.3 Å². The first kappa shape index (κ1) is 12.1. The van der Waals surface area contributed by atoms with Gasteiger partial charge in [-0.2, -0.15) is 0 Å². The molecule has 1 nitrogen and oxygen atoms in total. The second-order valence-corrected chi connectivity index (χ2v) is 6.69. The fourth-order valence-electron chi connectivity index (χ4n) is 1.76. The minimum atomic E-state index is 0.0318. The standard InChI is InChI=1S/C13H16OS2/c1-10(11-6-3-2-4-7-11)12(14)13-15-8-5-9-16-13/h2-4,6-7,10,13H,5,8-9H2,1H3. The molecule has 1 aliphatic rings. The summed E-state index contributed by atoms with van der Waals surface area (Å²) in [6, 6.07) is 10.1. The van der Waals surface area contributed by atoms with Crippen LogP contribution in [0, 0.1) is 0 Å². The van der Waals surface area contributed by atoms with E-state index in [-0.39, 0.29) is 10.5 Å². The highest BCUT2D eigenvalue weighted by atomic mass is 32.2. The highest BCUT2D eigenvalue weighted by Crippen LogP contribution is 2.34. The Hall–Kier alpha value is -0.410. The van der Waals surface area contributed by atoms with Crippen LogP contribution >= 0.6 is 23.5 Å². The first-order chi connectivity index (χ1) is 7.79. The molecule has 1 unspecified atom stereocenters. The van der Waals surface area contributed by atoms with E-state index in [1.807, 2.05) is 60.8 Å². The van der Waals surface area contributed by atoms with Gasteiger partial charge in [-0.05, 0) is 23.5 Å². The third-order valence-electron chi connectivity index (χ3n) is 2.79. The molecule has 0 amide bonds. The lowest BCUT2D eigenvalue weighted by Crippen LogP contribution is -2.23. The summed E-state index contributed by atoms with van der Waals surface area (Å²) in [6.07, 6.45) is 1.23. The number of ketones is 1. The maximum atomic E-state index is 12.3. The van der Waals surface area contributed by atoms with Gasteiger partial charge in [0, 0.05) is 5.92 Å². The fourth-order valence-corrected chi connectivity index (χ4v) is 4.69. The average Bonchev–Trinajstić information content (AvgIpc) is 2.39.